The van der Waals surface area contributed by atoms with Crippen molar-refractivity contribution < 1.29 is 39.1 Å². The average molecular weight is 601 g/mol. The van der Waals surface area contributed by atoms with E-state index in [-0.39, 0.29) is 17.9 Å². The largest absolute Gasteiger partial charge is 0.459 e. The van der Waals surface area contributed by atoms with Gasteiger partial charge < -0.3 is 44.1 Å². The lowest BCUT2D eigenvalue weighted by molar-refractivity contribution is -0.263. The van der Waals surface area contributed by atoms with Crippen LogP contribution in [-0.2, 0) is 23.7 Å². The van der Waals surface area contributed by atoms with Gasteiger partial charge in [-0.3, -0.25) is 4.79 Å². The van der Waals surface area contributed by atoms with Gasteiger partial charge in [-0.25, -0.2) is 0 Å². The van der Waals surface area contributed by atoms with Crippen molar-refractivity contribution in [2.75, 3.05) is 34.8 Å². The average Bonchev–Trinajstić information content (AvgIpc) is 2.93. The van der Waals surface area contributed by atoms with E-state index in [1.54, 1.807) is 14.0 Å². The van der Waals surface area contributed by atoms with Crippen LogP contribution in [-0.4, -0.2) is 126 Å². The zero-order valence-corrected chi connectivity index (χ0v) is 27.9. The van der Waals surface area contributed by atoms with Crippen molar-refractivity contribution in [2.45, 2.75) is 134 Å². The molecule has 13 atom stereocenters. The first kappa shape index (κ1) is 37.1. The Morgan fingerprint density at radius 1 is 1.17 bits per heavy atom. The SMILES string of the molecule is C=C[C@H]1CN(C)[C@H](C)[C@@H](O)[C@](C)(O)[C@@H](CC)OC(=O)[C@H](C)[C@@H](O[C@H]2CC(N(C)C)[C@H](O)C(C)O2)[C@H](C)C[C@](C)(OC)C1. The molecule has 0 amide bonds. The smallest absolute Gasteiger partial charge is 0.311 e. The molecule has 246 valence electrons. The Balaban J connectivity index is 2.53. The molecule has 0 aromatic carbocycles. The fraction of sp³-hybridized carbons (Fsp3) is 0.906. The number of carbonyl (C=O) groups excluding carboxylic acids is 1. The summed E-state index contributed by atoms with van der Waals surface area (Å²) in [6, 6.07) is -0.594. The molecule has 2 aliphatic rings. The Kier molecular flexibility index (Phi) is 13.5. The fourth-order valence-corrected chi connectivity index (χ4v) is 6.83. The van der Waals surface area contributed by atoms with Gasteiger partial charge in [-0.1, -0.05) is 19.9 Å². The van der Waals surface area contributed by atoms with Crippen LogP contribution in [0.5, 0.6) is 0 Å². The second-order valence-corrected chi connectivity index (χ2v) is 13.6. The second kappa shape index (κ2) is 15.3. The number of rotatable bonds is 6. The van der Waals surface area contributed by atoms with Crippen LogP contribution in [0.15, 0.2) is 12.7 Å². The Hall–Kier alpha value is -1.11. The minimum absolute atomic E-state index is 0.0402. The van der Waals surface area contributed by atoms with E-state index in [0.29, 0.717) is 32.2 Å². The predicted octanol–water partition coefficient (Wildman–Crippen LogP) is 2.82. The number of hydrogen-bond acceptors (Lipinski definition) is 10. The molecule has 0 aliphatic carbocycles. The van der Waals surface area contributed by atoms with Crippen molar-refractivity contribution >= 4 is 5.97 Å². The highest BCUT2D eigenvalue weighted by molar-refractivity contribution is 5.73. The molecular formula is C32H60N2O8. The Labute approximate surface area is 254 Å². The highest BCUT2D eigenvalue weighted by Crippen LogP contribution is 2.36. The van der Waals surface area contributed by atoms with Gasteiger partial charge in [-0.2, -0.15) is 0 Å². The van der Waals surface area contributed by atoms with E-state index >= 15 is 0 Å². The number of esters is 1. The molecule has 2 heterocycles. The number of methoxy groups -OCH3 is 1. The monoisotopic (exact) mass is 600 g/mol. The van der Waals surface area contributed by atoms with Gasteiger partial charge in [0.2, 0.25) is 0 Å². The molecule has 2 saturated heterocycles. The summed E-state index contributed by atoms with van der Waals surface area (Å²) in [7, 11) is 7.44. The maximum atomic E-state index is 13.7. The van der Waals surface area contributed by atoms with E-state index in [2.05, 4.69) is 13.5 Å². The molecule has 0 radical (unpaired) electrons. The minimum atomic E-state index is -1.69. The van der Waals surface area contributed by atoms with Crippen LogP contribution in [0.2, 0.25) is 0 Å². The molecule has 10 heteroatoms. The van der Waals surface area contributed by atoms with Crippen LogP contribution < -0.4 is 0 Å². The molecule has 0 aromatic heterocycles. The van der Waals surface area contributed by atoms with Crippen LogP contribution in [0.1, 0.15) is 74.1 Å². The summed E-state index contributed by atoms with van der Waals surface area (Å²) in [5.41, 5.74) is -2.26. The predicted molar refractivity (Wildman–Crippen MR) is 163 cm³/mol. The van der Waals surface area contributed by atoms with Gasteiger partial charge in [-0.05, 0) is 86.9 Å². The molecule has 0 saturated carbocycles. The second-order valence-electron chi connectivity index (χ2n) is 13.6. The first-order chi connectivity index (χ1) is 19.4. The summed E-state index contributed by atoms with van der Waals surface area (Å²) in [5, 5.41) is 33.6. The maximum Gasteiger partial charge on any atom is 0.311 e. The Morgan fingerprint density at radius 2 is 1.79 bits per heavy atom. The molecule has 2 rings (SSSR count). The van der Waals surface area contributed by atoms with Crippen LogP contribution >= 0.6 is 0 Å². The standard InChI is InChI=1S/C32H60N2O8/c1-13-23-17-31(7,39-12)16-19(3)28(42-26-15-24(33(9)10)27(35)22(6)40-26)20(4)30(37)41-25(14-2)32(8,38)29(36)21(5)34(11)18-23/h13,19-29,35-36,38H,1,14-18H2,2-12H3/t19-,20-,21-,22?,23-,24?,25-,26+,27-,28+,29-,31+,32-/m1/s1. The highest BCUT2D eigenvalue weighted by Gasteiger charge is 2.47. The van der Waals surface area contributed by atoms with Crippen molar-refractivity contribution in [2.24, 2.45) is 17.8 Å². The number of nitrogens with zero attached hydrogens (tertiary/aromatic N) is 2. The normalized spacial score (nSPS) is 45.6. The molecule has 2 fully saturated rings. The summed E-state index contributed by atoms with van der Waals surface area (Å²) < 4.78 is 24.8. The molecule has 0 spiro atoms. The molecule has 3 N–H and O–H groups in total. The lowest BCUT2D eigenvalue weighted by atomic mass is 9.80. The molecule has 2 aliphatic heterocycles. The van der Waals surface area contributed by atoms with Gasteiger partial charge in [0, 0.05) is 32.2 Å². The van der Waals surface area contributed by atoms with Gasteiger partial charge in [0.15, 0.2) is 6.29 Å². The lowest BCUT2D eigenvalue weighted by Gasteiger charge is -2.44. The Morgan fingerprint density at radius 3 is 2.31 bits per heavy atom. The summed E-state index contributed by atoms with van der Waals surface area (Å²) in [4.78, 5) is 17.7. The van der Waals surface area contributed by atoms with Crippen LogP contribution in [0, 0.1) is 17.8 Å². The number of likely N-dealkylation sites (N-methyl/N-ethyl adjacent to an activating group) is 2. The first-order valence-corrected chi connectivity index (χ1v) is 15.6. The highest BCUT2D eigenvalue weighted by atomic mass is 16.7. The number of aliphatic hydroxyl groups is 3. The fourth-order valence-electron chi connectivity index (χ4n) is 6.83. The van der Waals surface area contributed by atoms with E-state index in [0.717, 1.165) is 0 Å². The van der Waals surface area contributed by atoms with Gasteiger partial charge in [-0.15, -0.1) is 6.58 Å². The number of hydrogen-bond donors (Lipinski definition) is 3. The zero-order valence-electron chi connectivity index (χ0n) is 27.9. The van der Waals surface area contributed by atoms with Gasteiger partial charge >= 0.3 is 5.97 Å². The van der Waals surface area contributed by atoms with Crippen LogP contribution in [0.25, 0.3) is 0 Å². The van der Waals surface area contributed by atoms with Crippen molar-refractivity contribution in [3.63, 3.8) is 0 Å². The maximum absolute atomic E-state index is 13.7. The third-order valence-corrected chi connectivity index (χ3v) is 9.90. The van der Waals surface area contributed by atoms with Gasteiger partial charge in [0.25, 0.3) is 0 Å². The number of cyclic esters (lactones) is 1. The first-order valence-electron chi connectivity index (χ1n) is 15.6. The molecule has 42 heavy (non-hydrogen) atoms. The van der Waals surface area contributed by atoms with E-state index < -0.39 is 65.9 Å². The Bertz CT molecular complexity index is 871. The van der Waals surface area contributed by atoms with Crippen molar-refractivity contribution in [3.8, 4) is 0 Å². The molecular weight excluding hydrogens is 540 g/mol. The molecule has 0 aromatic rings. The summed E-state index contributed by atoms with van der Waals surface area (Å²) in [6.07, 6.45) is -0.556. The van der Waals surface area contributed by atoms with Crippen molar-refractivity contribution in [3.05, 3.63) is 12.7 Å². The number of aliphatic hydroxyl groups excluding tert-OH is 2. The zero-order chi connectivity index (χ0) is 32.2. The van der Waals surface area contributed by atoms with Crippen LogP contribution in [0.4, 0.5) is 0 Å². The van der Waals surface area contributed by atoms with E-state index in [1.807, 2.05) is 64.7 Å². The number of carbonyl (C=O) groups is 1. The summed E-state index contributed by atoms with van der Waals surface area (Å²) in [5.74, 6) is -1.34. The molecule has 10 nitrogen and oxygen atoms in total. The van der Waals surface area contributed by atoms with Gasteiger partial charge in [0.1, 0.15) is 17.8 Å². The lowest BCUT2D eigenvalue weighted by Crippen LogP contribution is -2.59. The minimum Gasteiger partial charge on any atom is -0.459 e. The third kappa shape index (κ3) is 8.75. The quantitative estimate of drug-likeness (QED) is 0.310. The topological polar surface area (TPSA) is 121 Å². The van der Waals surface area contributed by atoms with E-state index in [4.69, 9.17) is 18.9 Å². The summed E-state index contributed by atoms with van der Waals surface area (Å²) >= 11 is 0. The number of ether oxygens (including phenoxy) is 4. The molecule has 0 bridgehead atoms. The van der Waals surface area contributed by atoms with Crippen molar-refractivity contribution in [1.29, 1.82) is 0 Å². The summed E-state index contributed by atoms with van der Waals surface area (Å²) in [6.45, 7) is 17.6. The van der Waals surface area contributed by atoms with E-state index in [9.17, 15) is 20.1 Å². The van der Waals surface area contributed by atoms with Crippen LogP contribution in [0.3, 0.4) is 0 Å². The third-order valence-electron chi connectivity index (χ3n) is 9.90. The van der Waals surface area contributed by atoms with Gasteiger partial charge in [0.05, 0.1) is 29.8 Å². The van der Waals surface area contributed by atoms with Crippen molar-refractivity contribution in [1.82, 2.24) is 9.80 Å². The van der Waals surface area contributed by atoms with E-state index in [1.165, 1.54) is 6.92 Å². The molecule has 2 unspecified atom stereocenters.